The lowest BCUT2D eigenvalue weighted by Gasteiger charge is -2.11. The molecule has 0 aromatic carbocycles. The molecule has 0 spiro atoms. The van der Waals surface area contributed by atoms with Gasteiger partial charge in [-0.05, 0) is 43.7 Å². The van der Waals surface area contributed by atoms with E-state index in [1.54, 1.807) is 35.1 Å². The Kier molecular flexibility index (Phi) is 5.09. The van der Waals surface area contributed by atoms with Gasteiger partial charge in [0.25, 0.3) is 5.91 Å². The average molecular weight is 350 g/mol. The molecule has 3 rings (SSSR count). The number of aromatic nitrogens is 4. The first kappa shape index (κ1) is 17.8. The maximum atomic E-state index is 12.6. The third kappa shape index (κ3) is 3.48. The highest BCUT2D eigenvalue weighted by Gasteiger charge is 2.19. The number of carbonyl (C=O) groups is 1. The van der Waals surface area contributed by atoms with Gasteiger partial charge in [-0.25, -0.2) is 4.68 Å². The molecule has 7 heteroatoms. The maximum Gasteiger partial charge on any atom is 0.274 e. The number of nitrogens with zero attached hydrogens (tertiary/aromatic N) is 5. The Hall–Kier alpha value is -3.06. The minimum absolute atomic E-state index is 0.133. The molecule has 7 nitrogen and oxygen atoms in total. The van der Waals surface area contributed by atoms with Crippen LogP contribution in [0.25, 0.3) is 17.1 Å². The summed E-state index contributed by atoms with van der Waals surface area (Å²) in [5.74, 6) is -0.133. The van der Waals surface area contributed by atoms with E-state index < -0.39 is 0 Å². The van der Waals surface area contributed by atoms with Gasteiger partial charge >= 0.3 is 0 Å². The number of amides is 1. The van der Waals surface area contributed by atoms with Crippen LogP contribution in [-0.4, -0.2) is 44.1 Å². The summed E-state index contributed by atoms with van der Waals surface area (Å²) in [5.41, 5.74) is 10.1. The monoisotopic (exact) mass is 350 g/mol. The Bertz CT molecular complexity index is 899. The second-order valence-electron chi connectivity index (χ2n) is 6.06. The van der Waals surface area contributed by atoms with E-state index in [1.165, 1.54) is 0 Å². The van der Waals surface area contributed by atoms with Gasteiger partial charge < -0.3 is 10.6 Å². The van der Waals surface area contributed by atoms with E-state index in [0.717, 1.165) is 22.6 Å². The number of rotatable bonds is 5. The van der Waals surface area contributed by atoms with E-state index in [9.17, 15) is 4.79 Å². The summed E-state index contributed by atoms with van der Waals surface area (Å²) in [6, 6.07) is 9.40. The third-order valence-electron chi connectivity index (χ3n) is 4.21. The first-order valence-corrected chi connectivity index (χ1v) is 8.47. The minimum atomic E-state index is -0.133. The largest absolute Gasteiger partial charge is 0.341 e. The second kappa shape index (κ2) is 7.45. The number of pyridine rings is 2. The molecule has 26 heavy (non-hydrogen) atoms. The number of aryl methyl sites for hydroxylation is 1. The smallest absolute Gasteiger partial charge is 0.274 e. The van der Waals surface area contributed by atoms with Crippen LogP contribution in [0.4, 0.5) is 0 Å². The van der Waals surface area contributed by atoms with Crippen molar-refractivity contribution in [1.82, 2.24) is 24.6 Å². The van der Waals surface area contributed by atoms with Gasteiger partial charge in [0.05, 0.1) is 23.3 Å². The van der Waals surface area contributed by atoms with Gasteiger partial charge in [-0.15, -0.1) is 0 Å². The predicted octanol–water partition coefficient (Wildman–Crippen LogP) is 2.19. The van der Waals surface area contributed by atoms with Crippen molar-refractivity contribution in [2.24, 2.45) is 5.73 Å². The standard InChI is InChI=1S/C19H22N6O/c1-4-24(3)19(26)17-9-18(16-8-6-14(10-20)11-22-16)25(23-17)15-7-5-13(2)21-12-15/h5-9,11-12H,4,10,20H2,1-3H3. The van der Waals surface area contributed by atoms with E-state index >= 15 is 0 Å². The molecule has 0 aliphatic heterocycles. The van der Waals surface area contributed by atoms with Gasteiger partial charge in [0.2, 0.25) is 0 Å². The average Bonchev–Trinajstić information content (AvgIpc) is 3.12. The Labute approximate surface area is 152 Å². The minimum Gasteiger partial charge on any atom is -0.341 e. The second-order valence-corrected chi connectivity index (χ2v) is 6.06. The Morgan fingerprint density at radius 3 is 2.58 bits per heavy atom. The molecule has 0 unspecified atom stereocenters. The third-order valence-corrected chi connectivity index (χ3v) is 4.21. The number of carbonyl (C=O) groups excluding carboxylic acids is 1. The number of hydrogen-bond acceptors (Lipinski definition) is 5. The van der Waals surface area contributed by atoms with Crippen LogP contribution in [0.15, 0.2) is 42.7 Å². The lowest BCUT2D eigenvalue weighted by atomic mass is 10.2. The zero-order valence-electron chi connectivity index (χ0n) is 15.2. The van der Waals surface area contributed by atoms with Crippen molar-refractivity contribution in [3.05, 3.63) is 59.7 Å². The molecule has 0 fully saturated rings. The van der Waals surface area contributed by atoms with E-state index in [4.69, 9.17) is 5.73 Å². The van der Waals surface area contributed by atoms with Crippen LogP contribution in [0.2, 0.25) is 0 Å². The van der Waals surface area contributed by atoms with Crippen LogP contribution in [0.3, 0.4) is 0 Å². The SMILES string of the molecule is CCN(C)C(=O)c1cc(-c2ccc(CN)cn2)n(-c2ccc(C)nc2)n1. The van der Waals surface area contributed by atoms with Gasteiger partial charge in [0, 0.05) is 32.0 Å². The summed E-state index contributed by atoms with van der Waals surface area (Å²) in [4.78, 5) is 23.0. The molecule has 3 aromatic heterocycles. The first-order chi connectivity index (χ1) is 12.5. The fraction of sp³-hybridized carbons (Fsp3) is 0.263. The van der Waals surface area contributed by atoms with Crippen molar-refractivity contribution in [1.29, 1.82) is 0 Å². The molecule has 0 bridgehead atoms. The maximum absolute atomic E-state index is 12.6. The van der Waals surface area contributed by atoms with E-state index in [0.29, 0.717) is 24.5 Å². The molecule has 3 heterocycles. The Morgan fingerprint density at radius 1 is 1.19 bits per heavy atom. The van der Waals surface area contributed by atoms with E-state index in [2.05, 4.69) is 15.1 Å². The molecular weight excluding hydrogens is 328 g/mol. The van der Waals surface area contributed by atoms with Crippen LogP contribution in [0.1, 0.15) is 28.7 Å². The summed E-state index contributed by atoms with van der Waals surface area (Å²) < 4.78 is 1.70. The lowest BCUT2D eigenvalue weighted by Crippen LogP contribution is -2.26. The molecule has 0 saturated heterocycles. The summed E-state index contributed by atoms with van der Waals surface area (Å²) >= 11 is 0. The fourth-order valence-electron chi connectivity index (χ4n) is 2.49. The van der Waals surface area contributed by atoms with Crippen LogP contribution in [0, 0.1) is 6.92 Å². The van der Waals surface area contributed by atoms with Crippen molar-refractivity contribution in [3.8, 4) is 17.1 Å². The summed E-state index contributed by atoms with van der Waals surface area (Å²) in [5, 5.41) is 4.52. The molecule has 3 aromatic rings. The zero-order chi connectivity index (χ0) is 18.7. The molecule has 0 aliphatic carbocycles. The van der Waals surface area contributed by atoms with Crippen LogP contribution in [-0.2, 0) is 6.54 Å². The zero-order valence-corrected chi connectivity index (χ0v) is 15.2. The summed E-state index contributed by atoms with van der Waals surface area (Å²) in [6.07, 6.45) is 3.47. The van der Waals surface area contributed by atoms with Gasteiger partial charge in [-0.2, -0.15) is 5.10 Å². The highest BCUT2D eigenvalue weighted by atomic mass is 16.2. The van der Waals surface area contributed by atoms with Crippen molar-refractivity contribution < 1.29 is 4.79 Å². The predicted molar refractivity (Wildman–Crippen MR) is 99.9 cm³/mol. The molecule has 0 radical (unpaired) electrons. The summed E-state index contributed by atoms with van der Waals surface area (Å²) in [7, 11) is 1.75. The van der Waals surface area contributed by atoms with Gasteiger partial charge in [0.15, 0.2) is 5.69 Å². The van der Waals surface area contributed by atoms with Crippen LogP contribution < -0.4 is 5.73 Å². The lowest BCUT2D eigenvalue weighted by molar-refractivity contribution is 0.0796. The van der Waals surface area contributed by atoms with E-state index in [-0.39, 0.29) is 5.91 Å². The van der Waals surface area contributed by atoms with Crippen molar-refractivity contribution in [3.63, 3.8) is 0 Å². The van der Waals surface area contributed by atoms with Crippen LogP contribution in [0.5, 0.6) is 0 Å². The molecule has 0 atom stereocenters. The van der Waals surface area contributed by atoms with Crippen molar-refractivity contribution in [2.45, 2.75) is 20.4 Å². The quantitative estimate of drug-likeness (QED) is 0.762. The highest BCUT2D eigenvalue weighted by molar-refractivity contribution is 5.93. The molecule has 0 aliphatic rings. The Morgan fingerprint density at radius 2 is 2.00 bits per heavy atom. The number of hydrogen-bond donors (Lipinski definition) is 1. The molecule has 2 N–H and O–H groups in total. The van der Waals surface area contributed by atoms with Gasteiger partial charge in [0.1, 0.15) is 0 Å². The Balaban J connectivity index is 2.11. The molecule has 1 amide bonds. The summed E-state index contributed by atoms with van der Waals surface area (Å²) in [6.45, 7) is 4.88. The van der Waals surface area contributed by atoms with Crippen LogP contribution >= 0.6 is 0 Å². The van der Waals surface area contributed by atoms with E-state index in [1.807, 2.05) is 38.1 Å². The molecule has 0 saturated carbocycles. The molecule has 134 valence electrons. The van der Waals surface area contributed by atoms with Crippen molar-refractivity contribution in [2.75, 3.05) is 13.6 Å². The highest BCUT2D eigenvalue weighted by Crippen LogP contribution is 2.23. The first-order valence-electron chi connectivity index (χ1n) is 8.47. The number of nitrogens with two attached hydrogens (primary N) is 1. The topological polar surface area (TPSA) is 89.9 Å². The normalized spacial score (nSPS) is 10.8. The van der Waals surface area contributed by atoms with Crippen molar-refractivity contribution >= 4 is 5.91 Å². The van der Waals surface area contributed by atoms with Gasteiger partial charge in [-0.3, -0.25) is 14.8 Å². The fourth-order valence-corrected chi connectivity index (χ4v) is 2.49. The van der Waals surface area contributed by atoms with Gasteiger partial charge in [-0.1, -0.05) is 6.07 Å². The molecular formula is C19H22N6O.